The van der Waals surface area contributed by atoms with Gasteiger partial charge in [0.15, 0.2) is 0 Å². The second-order valence-corrected chi connectivity index (χ2v) is 5.24. The molecule has 0 unspecified atom stereocenters. The first kappa shape index (κ1) is 13.9. The molecule has 1 saturated carbocycles. The number of carbonyl (C=O) groups excluding carboxylic acids is 1. The van der Waals surface area contributed by atoms with E-state index in [0.717, 1.165) is 38.8 Å². The summed E-state index contributed by atoms with van der Waals surface area (Å²) in [6.45, 7) is 1.71. The predicted octanol–water partition coefficient (Wildman–Crippen LogP) is 2.30. The fourth-order valence-electron chi connectivity index (χ4n) is 2.52. The SMILES string of the molecule is O=C(NCCCCn1ccnc1)NC1CCCCC1. The number of carbonyl (C=O) groups is 1. The summed E-state index contributed by atoms with van der Waals surface area (Å²) in [6.07, 6.45) is 13.7. The zero-order valence-electron chi connectivity index (χ0n) is 11.5. The van der Waals surface area contributed by atoms with Crippen LogP contribution in [0.3, 0.4) is 0 Å². The molecule has 0 aromatic carbocycles. The zero-order valence-corrected chi connectivity index (χ0v) is 11.5. The van der Waals surface area contributed by atoms with Gasteiger partial charge in [-0.3, -0.25) is 0 Å². The van der Waals surface area contributed by atoms with Gasteiger partial charge in [-0.1, -0.05) is 19.3 Å². The van der Waals surface area contributed by atoms with E-state index in [2.05, 4.69) is 20.2 Å². The Kier molecular flexibility index (Phi) is 5.72. The van der Waals surface area contributed by atoms with Crippen LogP contribution in [0.5, 0.6) is 0 Å². The quantitative estimate of drug-likeness (QED) is 0.774. The molecule has 0 spiro atoms. The van der Waals surface area contributed by atoms with Crippen LogP contribution in [0.15, 0.2) is 18.7 Å². The molecule has 1 fully saturated rings. The molecule has 5 nitrogen and oxygen atoms in total. The van der Waals surface area contributed by atoms with Gasteiger partial charge in [-0.15, -0.1) is 0 Å². The van der Waals surface area contributed by atoms with Crippen LogP contribution in [-0.2, 0) is 6.54 Å². The Morgan fingerprint density at radius 3 is 2.84 bits per heavy atom. The Bertz CT molecular complexity index is 358. The van der Waals surface area contributed by atoms with Gasteiger partial charge in [-0.2, -0.15) is 0 Å². The van der Waals surface area contributed by atoms with Crippen LogP contribution in [0.2, 0.25) is 0 Å². The number of unbranched alkanes of at least 4 members (excludes halogenated alkanes) is 1. The lowest BCUT2D eigenvalue weighted by molar-refractivity contribution is 0.232. The summed E-state index contributed by atoms with van der Waals surface area (Å²) in [4.78, 5) is 15.7. The fourth-order valence-corrected chi connectivity index (χ4v) is 2.52. The standard InChI is InChI=1S/C14H24N4O/c19-14(17-13-6-2-1-3-7-13)16-8-4-5-10-18-11-9-15-12-18/h9,11-13H,1-8,10H2,(H2,16,17,19). The molecule has 0 aliphatic heterocycles. The summed E-state index contributed by atoms with van der Waals surface area (Å²) < 4.78 is 2.06. The van der Waals surface area contributed by atoms with Crippen molar-refractivity contribution >= 4 is 6.03 Å². The molecule has 1 aromatic heterocycles. The highest BCUT2D eigenvalue weighted by molar-refractivity contribution is 5.74. The number of hydrogen-bond donors (Lipinski definition) is 2. The van der Waals surface area contributed by atoms with Gasteiger partial charge >= 0.3 is 6.03 Å². The molecule has 0 bridgehead atoms. The van der Waals surface area contributed by atoms with E-state index in [0.29, 0.717) is 6.04 Å². The Morgan fingerprint density at radius 1 is 1.26 bits per heavy atom. The van der Waals surface area contributed by atoms with Crippen molar-refractivity contribution in [3.8, 4) is 0 Å². The third-order valence-electron chi connectivity index (χ3n) is 3.63. The number of hydrogen-bond acceptors (Lipinski definition) is 2. The van der Waals surface area contributed by atoms with Gasteiger partial charge in [-0.05, 0) is 25.7 Å². The molecule has 0 saturated heterocycles. The maximum Gasteiger partial charge on any atom is 0.315 e. The van der Waals surface area contributed by atoms with E-state index in [1.54, 1.807) is 6.20 Å². The van der Waals surface area contributed by atoms with Crippen molar-refractivity contribution in [3.63, 3.8) is 0 Å². The van der Waals surface area contributed by atoms with Gasteiger partial charge in [-0.25, -0.2) is 9.78 Å². The molecular weight excluding hydrogens is 240 g/mol. The number of aromatic nitrogens is 2. The number of urea groups is 1. The molecule has 1 heterocycles. The van der Waals surface area contributed by atoms with E-state index in [1.807, 2.05) is 12.5 Å². The van der Waals surface area contributed by atoms with Crippen LogP contribution in [0.25, 0.3) is 0 Å². The van der Waals surface area contributed by atoms with E-state index in [9.17, 15) is 4.79 Å². The van der Waals surface area contributed by atoms with E-state index in [1.165, 1.54) is 19.3 Å². The lowest BCUT2D eigenvalue weighted by Gasteiger charge is -2.22. The number of nitrogens with one attached hydrogen (secondary N) is 2. The summed E-state index contributed by atoms with van der Waals surface area (Å²) in [5.74, 6) is 0. The minimum absolute atomic E-state index is 0.00506. The van der Waals surface area contributed by atoms with E-state index >= 15 is 0 Å². The third kappa shape index (κ3) is 5.32. The van der Waals surface area contributed by atoms with E-state index < -0.39 is 0 Å². The van der Waals surface area contributed by atoms with Crippen molar-refractivity contribution in [2.75, 3.05) is 6.54 Å². The molecule has 0 atom stereocenters. The van der Waals surface area contributed by atoms with Gasteiger partial charge in [0.1, 0.15) is 0 Å². The van der Waals surface area contributed by atoms with Gasteiger partial charge < -0.3 is 15.2 Å². The maximum absolute atomic E-state index is 11.7. The number of imidazole rings is 1. The van der Waals surface area contributed by atoms with E-state index in [-0.39, 0.29) is 6.03 Å². The highest BCUT2D eigenvalue weighted by Gasteiger charge is 2.14. The minimum Gasteiger partial charge on any atom is -0.338 e. The van der Waals surface area contributed by atoms with Gasteiger partial charge in [0, 0.05) is 31.5 Å². The Balaban J connectivity index is 1.49. The molecule has 1 aliphatic carbocycles. The van der Waals surface area contributed by atoms with Crippen LogP contribution in [0.1, 0.15) is 44.9 Å². The lowest BCUT2D eigenvalue weighted by Crippen LogP contribution is -2.43. The van der Waals surface area contributed by atoms with Crippen molar-refractivity contribution in [2.45, 2.75) is 57.5 Å². The molecule has 5 heteroatoms. The third-order valence-corrected chi connectivity index (χ3v) is 3.63. The first-order valence-corrected chi connectivity index (χ1v) is 7.35. The van der Waals surface area contributed by atoms with Gasteiger partial charge in [0.05, 0.1) is 6.33 Å². The summed E-state index contributed by atoms with van der Waals surface area (Å²) in [7, 11) is 0. The molecule has 106 valence electrons. The maximum atomic E-state index is 11.7. The van der Waals surface area contributed by atoms with Gasteiger partial charge in [0.25, 0.3) is 0 Å². The first-order chi connectivity index (χ1) is 9.34. The number of aryl methyl sites for hydroxylation is 1. The van der Waals surface area contributed by atoms with Crippen LogP contribution in [-0.4, -0.2) is 28.2 Å². The van der Waals surface area contributed by atoms with Crippen LogP contribution in [0, 0.1) is 0 Å². The normalized spacial score (nSPS) is 16.2. The topological polar surface area (TPSA) is 59.0 Å². The molecule has 19 heavy (non-hydrogen) atoms. The monoisotopic (exact) mass is 264 g/mol. The lowest BCUT2D eigenvalue weighted by atomic mass is 9.96. The average Bonchev–Trinajstić information content (AvgIpc) is 2.92. The van der Waals surface area contributed by atoms with Crippen molar-refractivity contribution in [2.24, 2.45) is 0 Å². The minimum atomic E-state index is -0.00506. The average molecular weight is 264 g/mol. The smallest absolute Gasteiger partial charge is 0.315 e. The Morgan fingerprint density at radius 2 is 2.11 bits per heavy atom. The summed E-state index contributed by atoms with van der Waals surface area (Å²) in [5.41, 5.74) is 0. The van der Waals surface area contributed by atoms with Crippen LogP contribution in [0.4, 0.5) is 4.79 Å². The van der Waals surface area contributed by atoms with Crippen molar-refractivity contribution in [1.82, 2.24) is 20.2 Å². The molecule has 1 aromatic rings. The van der Waals surface area contributed by atoms with Crippen LogP contribution < -0.4 is 10.6 Å². The molecule has 1 aliphatic rings. The van der Waals surface area contributed by atoms with Crippen molar-refractivity contribution < 1.29 is 4.79 Å². The highest BCUT2D eigenvalue weighted by Crippen LogP contribution is 2.17. The van der Waals surface area contributed by atoms with E-state index in [4.69, 9.17) is 0 Å². The molecular formula is C14H24N4O. The summed E-state index contributed by atoms with van der Waals surface area (Å²) in [5, 5.41) is 5.99. The highest BCUT2D eigenvalue weighted by atomic mass is 16.2. The summed E-state index contributed by atoms with van der Waals surface area (Å²) in [6, 6.07) is 0.384. The zero-order chi connectivity index (χ0) is 13.3. The number of nitrogens with zero attached hydrogens (tertiary/aromatic N) is 2. The van der Waals surface area contributed by atoms with Crippen molar-refractivity contribution in [1.29, 1.82) is 0 Å². The summed E-state index contributed by atoms with van der Waals surface area (Å²) >= 11 is 0. The number of rotatable bonds is 6. The predicted molar refractivity (Wildman–Crippen MR) is 74.9 cm³/mol. The first-order valence-electron chi connectivity index (χ1n) is 7.35. The Hall–Kier alpha value is -1.52. The second kappa shape index (κ2) is 7.81. The van der Waals surface area contributed by atoms with Gasteiger partial charge in [0.2, 0.25) is 0 Å². The van der Waals surface area contributed by atoms with Crippen molar-refractivity contribution in [3.05, 3.63) is 18.7 Å². The second-order valence-electron chi connectivity index (χ2n) is 5.24. The Labute approximate surface area is 114 Å². The molecule has 2 N–H and O–H groups in total. The fraction of sp³-hybridized carbons (Fsp3) is 0.714. The molecule has 2 rings (SSSR count). The molecule has 2 amide bonds. The number of amides is 2. The molecule has 0 radical (unpaired) electrons. The van der Waals surface area contributed by atoms with Crippen LogP contribution >= 0.6 is 0 Å². The largest absolute Gasteiger partial charge is 0.338 e.